The van der Waals surface area contributed by atoms with E-state index in [1.54, 1.807) is 29.2 Å². The molecule has 0 aliphatic rings. The molecule has 1 N–H and O–H groups in total. The van der Waals surface area contributed by atoms with Gasteiger partial charge >= 0.3 is 0 Å². The van der Waals surface area contributed by atoms with Gasteiger partial charge in [0.05, 0.1) is 26.0 Å². The molecule has 0 spiro atoms. The minimum atomic E-state index is 0.525. The number of thioether (sulfide) groups is 1. The third-order valence-electron chi connectivity index (χ3n) is 3.54. The van der Waals surface area contributed by atoms with Crippen LogP contribution in [0.2, 0.25) is 10.0 Å². The predicted molar refractivity (Wildman–Crippen MR) is 112 cm³/mol. The molecule has 0 saturated heterocycles. The van der Waals surface area contributed by atoms with Crippen molar-refractivity contribution in [2.24, 2.45) is 0 Å². The largest absolute Gasteiger partial charge is 0.307 e. The SMILES string of the molecule is CSc1cccc2sc(Nc3nc(-c4ccc(Cl)c(Cl)c4)cs3)nc12. The van der Waals surface area contributed by atoms with E-state index < -0.39 is 0 Å². The first kappa shape index (κ1) is 17.1. The van der Waals surface area contributed by atoms with Crippen molar-refractivity contribution in [1.82, 2.24) is 9.97 Å². The average Bonchev–Trinajstić information content (AvgIpc) is 3.23. The maximum absolute atomic E-state index is 6.09. The zero-order valence-electron chi connectivity index (χ0n) is 12.9. The fourth-order valence-electron chi connectivity index (χ4n) is 2.35. The Morgan fingerprint density at radius 3 is 2.72 bits per heavy atom. The van der Waals surface area contributed by atoms with Crippen LogP contribution in [-0.4, -0.2) is 16.2 Å². The van der Waals surface area contributed by atoms with Crippen LogP contribution in [0, 0.1) is 0 Å². The van der Waals surface area contributed by atoms with E-state index in [1.807, 2.05) is 17.5 Å². The Morgan fingerprint density at radius 2 is 1.92 bits per heavy atom. The quantitative estimate of drug-likeness (QED) is 0.352. The summed E-state index contributed by atoms with van der Waals surface area (Å²) in [6, 6.07) is 11.7. The average molecular weight is 424 g/mol. The van der Waals surface area contributed by atoms with Crippen molar-refractivity contribution in [1.29, 1.82) is 0 Å². The number of nitrogens with one attached hydrogen (secondary N) is 1. The Hall–Kier alpha value is -1.31. The van der Waals surface area contributed by atoms with E-state index >= 15 is 0 Å². The molecule has 0 aliphatic carbocycles. The molecule has 0 saturated carbocycles. The van der Waals surface area contributed by atoms with E-state index in [0.717, 1.165) is 31.7 Å². The molecular formula is C17H11Cl2N3S3. The Bertz CT molecular complexity index is 1060. The molecule has 4 rings (SSSR count). The molecule has 126 valence electrons. The lowest BCUT2D eigenvalue weighted by atomic mass is 10.2. The maximum atomic E-state index is 6.09. The van der Waals surface area contributed by atoms with E-state index in [-0.39, 0.29) is 0 Å². The summed E-state index contributed by atoms with van der Waals surface area (Å²) < 4.78 is 1.16. The van der Waals surface area contributed by atoms with Crippen molar-refractivity contribution >= 4 is 78.1 Å². The molecule has 0 unspecified atom stereocenters. The van der Waals surface area contributed by atoms with Crippen molar-refractivity contribution < 1.29 is 0 Å². The molecule has 0 bridgehead atoms. The normalized spacial score (nSPS) is 11.2. The lowest BCUT2D eigenvalue weighted by Gasteiger charge is -2.00. The van der Waals surface area contributed by atoms with Crippen LogP contribution in [0.4, 0.5) is 10.3 Å². The number of hydrogen-bond acceptors (Lipinski definition) is 6. The molecule has 0 radical (unpaired) electrons. The maximum Gasteiger partial charge on any atom is 0.190 e. The summed E-state index contributed by atoms with van der Waals surface area (Å²) in [5.41, 5.74) is 2.83. The van der Waals surface area contributed by atoms with E-state index in [1.165, 1.54) is 16.2 Å². The third kappa shape index (κ3) is 3.50. The highest BCUT2D eigenvalue weighted by molar-refractivity contribution is 7.98. The van der Waals surface area contributed by atoms with Gasteiger partial charge in [0.25, 0.3) is 0 Å². The van der Waals surface area contributed by atoms with Crippen LogP contribution in [0.15, 0.2) is 46.7 Å². The molecule has 2 aromatic heterocycles. The van der Waals surface area contributed by atoms with Gasteiger partial charge in [0.15, 0.2) is 10.3 Å². The first-order valence-corrected chi connectivity index (χ1v) is 10.9. The van der Waals surface area contributed by atoms with Gasteiger partial charge in [-0.25, -0.2) is 9.97 Å². The summed E-state index contributed by atoms with van der Waals surface area (Å²) in [6.45, 7) is 0. The van der Waals surface area contributed by atoms with Crippen LogP contribution in [-0.2, 0) is 0 Å². The monoisotopic (exact) mass is 423 g/mol. The van der Waals surface area contributed by atoms with Gasteiger partial charge in [-0.2, -0.15) is 0 Å². The van der Waals surface area contributed by atoms with Crippen molar-refractivity contribution in [2.45, 2.75) is 4.90 Å². The summed E-state index contributed by atoms with van der Waals surface area (Å²) in [5, 5.41) is 8.00. The minimum Gasteiger partial charge on any atom is -0.307 e. The van der Waals surface area contributed by atoms with Gasteiger partial charge in [-0.05, 0) is 30.5 Å². The summed E-state index contributed by atoms with van der Waals surface area (Å²) >= 11 is 16.9. The zero-order valence-corrected chi connectivity index (χ0v) is 16.9. The number of hydrogen-bond donors (Lipinski definition) is 1. The second-order valence-corrected chi connectivity index (χ2v) is 8.67. The third-order valence-corrected chi connectivity index (χ3v) is 6.74. The Balaban J connectivity index is 1.62. The number of fused-ring (bicyclic) bond motifs is 1. The number of anilines is 2. The second kappa shape index (κ2) is 7.13. The summed E-state index contributed by atoms with van der Waals surface area (Å²) in [6.07, 6.45) is 2.06. The number of rotatable bonds is 4. The minimum absolute atomic E-state index is 0.525. The number of benzene rings is 2. The fraction of sp³-hybridized carbons (Fsp3) is 0.0588. The van der Waals surface area contributed by atoms with Crippen molar-refractivity contribution in [3.05, 3.63) is 51.8 Å². The van der Waals surface area contributed by atoms with Gasteiger partial charge in [0, 0.05) is 15.8 Å². The van der Waals surface area contributed by atoms with Gasteiger partial charge in [-0.1, -0.05) is 46.7 Å². The van der Waals surface area contributed by atoms with Crippen LogP contribution in [0.1, 0.15) is 0 Å². The van der Waals surface area contributed by atoms with E-state index in [0.29, 0.717) is 10.0 Å². The molecule has 2 heterocycles. The van der Waals surface area contributed by atoms with Gasteiger partial charge in [0.2, 0.25) is 0 Å². The number of nitrogens with zero attached hydrogens (tertiary/aromatic N) is 2. The number of aromatic nitrogens is 2. The molecule has 2 aromatic carbocycles. The van der Waals surface area contributed by atoms with Crippen LogP contribution < -0.4 is 5.32 Å². The highest BCUT2D eigenvalue weighted by atomic mass is 35.5. The fourth-order valence-corrected chi connectivity index (χ4v) is 4.95. The van der Waals surface area contributed by atoms with Crippen LogP contribution >= 0.6 is 57.6 Å². The standard InChI is InChI=1S/C17H11Cl2N3S3/c1-23-13-3-2-4-14-15(13)21-17(25-14)22-16-20-12(8-24-16)9-5-6-10(18)11(19)7-9/h2-8H,1H3,(H,20,21,22). The first-order chi connectivity index (χ1) is 12.1. The van der Waals surface area contributed by atoms with Crippen molar-refractivity contribution in [3.8, 4) is 11.3 Å². The number of halogens is 2. The predicted octanol–water partition coefficient (Wildman–Crippen LogP) is 7.19. The van der Waals surface area contributed by atoms with Crippen molar-refractivity contribution in [2.75, 3.05) is 11.6 Å². The van der Waals surface area contributed by atoms with Crippen LogP contribution in [0.3, 0.4) is 0 Å². The Morgan fingerprint density at radius 1 is 1.04 bits per heavy atom. The molecule has 0 fully saturated rings. The topological polar surface area (TPSA) is 37.8 Å². The van der Waals surface area contributed by atoms with Crippen LogP contribution in [0.25, 0.3) is 21.5 Å². The summed E-state index contributed by atoms with van der Waals surface area (Å²) in [4.78, 5) is 10.5. The number of thiazole rings is 2. The molecule has 0 amide bonds. The van der Waals surface area contributed by atoms with E-state index in [2.05, 4.69) is 34.8 Å². The molecule has 8 heteroatoms. The molecular weight excluding hydrogens is 413 g/mol. The molecule has 0 aliphatic heterocycles. The van der Waals surface area contributed by atoms with Gasteiger partial charge < -0.3 is 5.32 Å². The molecule has 4 aromatic rings. The molecule has 25 heavy (non-hydrogen) atoms. The smallest absolute Gasteiger partial charge is 0.190 e. The van der Waals surface area contributed by atoms with Crippen LogP contribution in [0.5, 0.6) is 0 Å². The molecule has 0 atom stereocenters. The Kier molecular flexibility index (Phi) is 4.88. The van der Waals surface area contributed by atoms with Gasteiger partial charge in [0.1, 0.15) is 0 Å². The first-order valence-electron chi connectivity index (χ1n) is 7.25. The van der Waals surface area contributed by atoms with Gasteiger partial charge in [-0.15, -0.1) is 23.1 Å². The zero-order chi connectivity index (χ0) is 17.4. The summed E-state index contributed by atoms with van der Waals surface area (Å²) in [7, 11) is 0. The number of para-hydroxylation sites is 1. The lowest BCUT2D eigenvalue weighted by Crippen LogP contribution is -1.88. The van der Waals surface area contributed by atoms with Gasteiger partial charge in [-0.3, -0.25) is 0 Å². The molecule has 3 nitrogen and oxygen atoms in total. The lowest BCUT2D eigenvalue weighted by molar-refractivity contribution is 1.35. The highest BCUT2D eigenvalue weighted by Gasteiger charge is 2.11. The van der Waals surface area contributed by atoms with E-state index in [9.17, 15) is 0 Å². The second-order valence-electron chi connectivity index (χ2n) is 5.12. The Labute approximate surface area is 167 Å². The summed E-state index contributed by atoms with van der Waals surface area (Å²) in [5.74, 6) is 0. The van der Waals surface area contributed by atoms with E-state index in [4.69, 9.17) is 28.2 Å². The van der Waals surface area contributed by atoms with Crippen molar-refractivity contribution in [3.63, 3.8) is 0 Å². The highest BCUT2D eigenvalue weighted by Crippen LogP contribution is 2.35.